The minimum Gasteiger partial charge on any atom is -0.476 e. The molecular weight excluding hydrogens is 212 g/mol. The van der Waals surface area contributed by atoms with Crippen LogP contribution in [0.15, 0.2) is 12.3 Å². The highest BCUT2D eigenvalue weighted by molar-refractivity contribution is 5.43. The van der Waals surface area contributed by atoms with Crippen molar-refractivity contribution in [1.29, 1.82) is 5.26 Å². The lowest BCUT2D eigenvalue weighted by Gasteiger charge is -2.21. The van der Waals surface area contributed by atoms with Gasteiger partial charge < -0.3 is 4.74 Å². The molecule has 2 rings (SSSR count). The van der Waals surface area contributed by atoms with Gasteiger partial charge in [0.05, 0.1) is 6.61 Å². The van der Waals surface area contributed by atoms with Crippen LogP contribution in [-0.2, 0) is 0 Å². The Hall–Kier alpha value is -1.56. The van der Waals surface area contributed by atoms with Crippen LogP contribution in [0.5, 0.6) is 5.88 Å². The molecule has 0 spiro atoms. The Morgan fingerprint density at radius 3 is 2.88 bits per heavy atom. The molecule has 1 aromatic heterocycles. The van der Waals surface area contributed by atoms with Gasteiger partial charge in [0.1, 0.15) is 11.6 Å². The monoisotopic (exact) mass is 230 g/mol. The third-order valence-electron chi connectivity index (χ3n) is 3.42. The quantitative estimate of drug-likeness (QED) is 0.800. The second-order valence-corrected chi connectivity index (χ2v) is 4.73. The van der Waals surface area contributed by atoms with Crippen molar-refractivity contribution >= 4 is 0 Å². The molecule has 3 heteroatoms. The summed E-state index contributed by atoms with van der Waals surface area (Å²) in [6.07, 6.45) is 8.15. The molecule has 1 saturated carbocycles. The van der Waals surface area contributed by atoms with Crippen LogP contribution in [0.2, 0.25) is 0 Å². The van der Waals surface area contributed by atoms with Gasteiger partial charge in [-0.05, 0) is 37.3 Å². The number of nitrogens with zero attached hydrogens (tertiary/aromatic N) is 2. The third kappa shape index (κ3) is 2.97. The molecule has 0 N–H and O–H groups in total. The van der Waals surface area contributed by atoms with Crippen LogP contribution in [0, 0.1) is 24.2 Å². The average Bonchev–Trinajstić information content (AvgIpc) is 2.37. The predicted molar refractivity (Wildman–Crippen MR) is 65.8 cm³/mol. The van der Waals surface area contributed by atoms with E-state index in [0.29, 0.717) is 24.0 Å². The number of hydrogen-bond donors (Lipinski definition) is 0. The Bertz CT molecular complexity index is 417. The summed E-state index contributed by atoms with van der Waals surface area (Å²) in [5, 5.41) is 9.07. The van der Waals surface area contributed by atoms with E-state index in [0.717, 1.165) is 5.56 Å². The van der Waals surface area contributed by atoms with E-state index in [4.69, 9.17) is 10.00 Å². The number of rotatable bonds is 3. The molecule has 0 amide bonds. The van der Waals surface area contributed by atoms with Gasteiger partial charge >= 0.3 is 0 Å². The van der Waals surface area contributed by atoms with Crippen molar-refractivity contribution in [2.75, 3.05) is 6.61 Å². The molecule has 17 heavy (non-hydrogen) atoms. The van der Waals surface area contributed by atoms with Gasteiger partial charge in [0.25, 0.3) is 0 Å². The molecule has 0 aliphatic heterocycles. The molecule has 0 saturated heterocycles. The lowest BCUT2D eigenvalue weighted by atomic mass is 9.90. The van der Waals surface area contributed by atoms with E-state index < -0.39 is 0 Å². The van der Waals surface area contributed by atoms with Crippen molar-refractivity contribution in [1.82, 2.24) is 4.98 Å². The zero-order valence-corrected chi connectivity index (χ0v) is 10.3. The van der Waals surface area contributed by atoms with Gasteiger partial charge in [-0.25, -0.2) is 4.98 Å². The van der Waals surface area contributed by atoms with Gasteiger partial charge in [-0.15, -0.1) is 0 Å². The summed E-state index contributed by atoms with van der Waals surface area (Å²) in [5.41, 5.74) is 1.50. The first-order chi connectivity index (χ1) is 8.31. The molecule has 0 bridgehead atoms. The molecule has 1 aliphatic rings. The summed E-state index contributed by atoms with van der Waals surface area (Å²) in [7, 11) is 0. The summed E-state index contributed by atoms with van der Waals surface area (Å²) in [6.45, 7) is 2.61. The number of ether oxygens (including phenoxy) is 1. The van der Waals surface area contributed by atoms with E-state index in [2.05, 4.69) is 11.1 Å². The molecule has 0 aromatic carbocycles. The molecular formula is C14H18N2O. The van der Waals surface area contributed by atoms with E-state index in [1.54, 1.807) is 6.20 Å². The molecule has 3 nitrogen and oxygen atoms in total. The van der Waals surface area contributed by atoms with Crippen molar-refractivity contribution in [3.63, 3.8) is 0 Å². The van der Waals surface area contributed by atoms with Crippen LogP contribution >= 0.6 is 0 Å². The van der Waals surface area contributed by atoms with E-state index in [9.17, 15) is 0 Å². The van der Waals surface area contributed by atoms with Crippen molar-refractivity contribution in [3.8, 4) is 11.9 Å². The van der Waals surface area contributed by atoms with E-state index in [1.165, 1.54) is 32.1 Å². The van der Waals surface area contributed by atoms with Crippen LogP contribution < -0.4 is 4.74 Å². The largest absolute Gasteiger partial charge is 0.476 e. The summed E-state index contributed by atoms with van der Waals surface area (Å²) in [4.78, 5) is 4.15. The van der Waals surface area contributed by atoms with Crippen LogP contribution in [0.4, 0.5) is 0 Å². The minimum atomic E-state index is 0.498. The first kappa shape index (κ1) is 11.9. The van der Waals surface area contributed by atoms with Gasteiger partial charge in [0, 0.05) is 6.20 Å². The van der Waals surface area contributed by atoms with E-state index in [-0.39, 0.29) is 0 Å². The summed E-state index contributed by atoms with van der Waals surface area (Å²) in [5.74, 6) is 1.13. The predicted octanol–water partition coefficient (Wildman–Crippen LogP) is 3.22. The van der Waals surface area contributed by atoms with Crippen LogP contribution in [0.25, 0.3) is 0 Å². The number of aromatic nitrogens is 1. The summed E-state index contributed by atoms with van der Waals surface area (Å²) < 4.78 is 5.71. The highest BCUT2D eigenvalue weighted by Gasteiger charge is 2.15. The van der Waals surface area contributed by atoms with Crippen LogP contribution in [-0.4, -0.2) is 11.6 Å². The van der Waals surface area contributed by atoms with Crippen LogP contribution in [0.1, 0.15) is 43.2 Å². The fourth-order valence-electron chi connectivity index (χ4n) is 2.33. The SMILES string of the molecule is Cc1ccnc(OCC2CCCCC2)c1C#N. The van der Waals surface area contributed by atoms with Crippen molar-refractivity contribution in [2.24, 2.45) is 5.92 Å². The molecule has 0 radical (unpaired) electrons. The lowest BCUT2D eigenvalue weighted by molar-refractivity contribution is 0.202. The fraction of sp³-hybridized carbons (Fsp3) is 0.571. The average molecular weight is 230 g/mol. The molecule has 1 aliphatic carbocycles. The summed E-state index contributed by atoms with van der Waals surface area (Å²) >= 11 is 0. The Morgan fingerprint density at radius 2 is 2.18 bits per heavy atom. The number of pyridine rings is 1. The van der Waals surface area contributed by atoms with Crippen molar-refractivity contribution in [3.05, 3.63) is 23.4 Å². The maximum Gasteiger partial charge on any atom is 0.231 e. The van der Waals surface area contributed by atoms with Gasteiger partial charge in [-0.3, -0.25) is 0 Å². The van der Waals surface area contributed by atoms with Crippen molar-refractivity contribution < 1.29 is 4.74 Å². The molecule has 0 unspecified atom stereocenters. The maximum absolute atomic E-state index is 9.07. The zero-order chi connectivity index (χ0) is 12.1. The molecule has 0 atom stereocenters. The van der Waals surface area contributed by atoms with Gasteiger partial charge in [0.15, 0.2) is 0 Å². The normalized spacial score (nSPS) is 16.5. The topological polar surface area (TPSA) is 45.9 Å². The summed E-state index contributed by atoms with van der Waals surface area (Å²) in [6, 6.07) is 4.00. The van der Waals surface area contributed by atoms with Gasteiger partial charge in [-0.2, -0.15) is 5.26 Å². The van der Waals surface area contributed by atoms with Crippen molar-refractivity contribution in [2.45, 2.75) is 39.0 Å². The van der Waals surface area contributed by atoms with Gasteiger partial charge in [0.2, 0.25) is 5.88 Å². The Labute approximate surface area is 102 Å². The third-order valence-corrected chi connectivity index (χ3v) is 3.42. The number of hydrogen-bond acceptors (Lipinski definition) is 3. The Kier molecular flexibility index (Phi) is 3.98. The standard InChI is InChI=1S/C14H18N2O/c1-11-7-8-16-14(13(11)9-15)17-10-12-5-3-2-4-6-12/h7-8,12H,2-6,10H2,1H3. The highest BCUT2D eigenvalue weighted by Crippen LogP contribution is 2.25. The zero-order valence-electron chi connectivity index (χ0n) is 10.3. The Balaban J connectivity index is 1.99. The van der Waals surface area contributed by atoms with E-state index >= 15 is 0 Å². The molecule has 1 fully saturated rings. The number of nitriles is 1. The second-order valence-electron chi connectivity index (χ2n) is 4.73. The van der Waals surface area contributed by atoms with E-state index in [1.807, 2.05) is 13.0 Å². The molecule has 90 valence electrons. The number of aryl methyl sites for hydroxylation is 1. The first-order valence-electron chi connectivity index (χ1n) is 6.29. The lowest BCUT2D eigenvalue weighted by Crippen LogP contribution is -2.16. The van der Waals surface area contributed by atoms with Gasteiger partial charge in [-0.1, -0.05) is 19.3 Å². The minimum absolute atomic E-state index is 0.498. The fourth-order valence-corrected chi connectivity index (χ4v) is 2.33. The van der Waals surface area contributed by atoms with Crippen LogP contribution in [0.3, 0.4) is 0 Å². The highest BCUT2D eigenvalue weighted by atomic mass is 16.5. The smallest absolute Gasteiger partial charge is 0.231 e. The Morgan fingerprint density at radius 1 is 1.41 bits per heavy atom. The molecule has 1 heterocycles. The molecule has 1 aromatic rings. The second kappa shape index (κ2) is 5.67. The maximum atomic E-state index is 9.07. The first-order valence-corrected chi connectivity index (χ1v) is 6.29.